The van der Waals surface area contributed by atoms with Gasteiger partial charge in [-0.15, -0.1) is 0 Å². The third-order valence-corrected chi connectivity index (χ3v) is 7.22. The van der Waals surface area contributed by atoms with E-state index in [1.54, 1.807) is 4.90 Å². The van der Waals surface area contributed by atoms with Crippen molar-refractivity contribution in [1.82, 2.24) is 4.31 Å². The fourth-order valence-corrected chi connectivity index (χ4v) is 5.14. The molecule has 1 aliphatic rings. The summed E-state index contributed by atoms with van der Waals surface area (Å²) < 4.78 is 53.3. The van der Waals surface area contributed by atoms with Crippen molar-refractivity contribution in [2.75, 3.05) is 24.5 Å². The minimum absolute atomic E-state index is 0.0216. The molecule has 0 aromatic heterocycles. The molecule has 5 nitrogen and oxygen atoms in total. The molecule has 29 heavy (non-hydrogen) atoms. The summed E-state index contributed by atoms with van der Waals surface area (Å²) in [5, 5.41) is 0. The summed E-state index contributed by atoms with van der Waals surface area (Å²) in [5.41, 5.74) is 1.86. The summed E-state index contributed by atoms with van der Waals surface area (Å²) in [7, 11) is -3.93. The molecular weight excluding hydrogens is 398 g/mol. The standard InChI is InChI=1S/C21H24F2N2O3S/c1-3-25(20-7-5-4-6-15(20)2)21(26)16-10-12-24(13-11-16)29(27,28)17-8-9-18(22)19(23)14-17/h4-9,14,16H,3,10-13H2,1-2H3. The van der Waals surface area contributed by atoms with Crippen molar-refractivity contribution in [3.63, 3.8) is 0 Å². The van der Waals surface area contributed by atoms with Crippen LogP contribution in [0, 0.1) is 24.5 Å². The second-order valence-electron chi connectivity index (χ2n) is 7.12. The van der Waals surface area contributed by atoms with Crippen molar-refractivity contribution in [2.24, 2.45) is 5.92 Å². The summed E-state index contributed by atoms with van der Waals surface area (Å²) in [6, 6.07) is 10.2. The number of sulfonamides is 1. The van der Waals surface area contributed by atoms with Gasteiger partial charge in [0.25, 0.3) is 0 Å². The molecule has 1 heterocycles. The molecule has 0 saturated carbocycles. The van der Waals surface area contributed by atoms with Crippen LogP contribution in [0.4, 0.5) is 14.5 Å². The minimum Gasteiger partial charge on any atom is -0.312 e. The lowest BCUT2D eigenvalue weighted by molar-refractivity contribution is -0.123. The third-order valence-electron chi connectivity index (χ3n) is 5.32. The first-order valence-electron chi connectivity index (χ1n) is 9.58. The van der Waals surface area contributed by atoms with E-state index >= 15 is 0 Å². The molecule has 1 amide bonds. The summed E-state index contributed by atoms with van der Waals surface area (Å²) in [5.74, 6) is -2.60. The first kappa shape index (κ1) is 21.4. The number of carbonyl (C=O) groups excluding carboxylic acids is 1. The molecule has 8 heteroatoms. The Morgan fingerprint density at radius 1 is 1.10 bits per heavy atom. The lowest BCUT2D eigenvalue weighted by Gasteiger charge is -2.33. The maximum atomic E-state index is 13.5. The van der Waals surface area contributed by atoms with E-state index in [-0.39, 0.29) is 29.8 Å². The Morgan fingerprint density at radius 2 is 1.76 bits per heavy atom. The first-order chi connectivity index (χ1) is 13.8. The normalized spacial score (nSPS) is 16.0. The molecule has 0 bridgehead atoms. The second-order valence-corrected chi connectivity index (χ2v) is 9.06. The summed E-state index contributed by atoms with van der Waals surface area (Å²) in [4.78, 5) is 14.5. The number of rotatable bonds is 5. The molecule has 1 fully saturated rings. The molecule has 1 aliphatic heterocycles. The van der Waals surface area contributed by atoms with E-state index in [1.807, 2.05) is 38.1 Å². The molecule has 3 rings (SSSR count). The van der Waals surface area contributed by atoms with E-state index in [1.165, 1.54) is 4.31 Å². The number of hydrogen-bond donors (Lipinski definition) is 0. The number of anilines is 1. The number of carbonyl (C=O) groups is 1. The Kier molecular flexibility index (Phi) is 6.33. The van der Waals surface area contributed by atoms with E-state index in [2.05, 4.69) is 0 Å². The fourth-order valence-electron chi connectivity index (χ4n) is 3.66. The van der Waals surface area contributed by atoms with Crippen LogP contribution in [0.1, 0.15) is 25.3 Å². The smallest absolute Gasteiger partial charge is 0.243 e. The van der Waals surface area contributed by atoms with Gasteiger partial charge in [-0.25, -0.2) is 17.2 Å². The van der Waals surface area contributed by atoms with Gasteiger partial charge >= 0.3 is 0 Å². The van der Waals surface area contributed by atoms with Gasteiger partial charge in [0, 0.05) is 31.2 Å². The minimum atomic E-state index is -3.93. The van der Waals surface area contributed by atoms with E-state index in [0.29, 0.717) is 25.5 Å². The topological polar surface area (TPSA) is 57.7 Å². The van der Waals surface area contributed by atoms with Crippen LogP contribution in [0.15, 0.2) is 47.4 Å². The Balaban J connectivity index is 1.71. The molecule has 0 unspecified atom stereocenters. The van der Waals surface area contributed by atoms with Gasteiger partial charge < -0.3 is 4.90 Å². The molecule has 0 atom stereocenters. The van der Waals surface area contributed by atoms with Crippen LogP contribution < -0.4 is 4.90 Å². The van der Waals surface area contributed by atoms with Crippen LogP contribution >= 0.6 is 0 Å². The number of nitrogens with zero attached hydrogens (tertiary/aromatic N) is 2. The number of benzene rings is 2. The Labute approximate surface area is 170 Å². The lowest BCUT2D eigenvalue weighted by Crippen LogP contribution is -2.44. The quantitative estimate of drug-likeness (QED) is 0.738. The average molecular weight is 422 g/mol. The molecule has 0 aliphatic carbocycles. The average Bonchev–Trinajstić information content (AvgIpc) is 2.72. The molecule has 0 spiro atoms. The van der Waals surface area contributed by atoms with Crippen LogP contribution in [-0.2, 0) is 14.8 Å². The highest BCUT2D eigenvalue weighted by Gasteiger charge is 2.34. The second kappa shape index (κ2) is 8.59. The number of aryl methyl sites for hydroxylation is 1. The van der Waals surface area contributed by atoms with Crippen LogP contribution in [0.25, 0.3) is 0 Å². The van der Waals surface area contributed by atoms with Gasteiger partial charge in [-0.3, -0.25) is 4.79 Å². The predicted octanol–water partition coefficient (Wildman–Crippen LogP) is 3.73. The number of hydrogen-bond acceptors (Lipinski definition) is 3. The zero-order valence-corrected chi connectivity index (χ0v) is 17.3. The zero-order chi connectivity index (χ0) is 21.2. The van der Waals surface area contributed by atoms with Crippen LogP contribution in [0.3, 0.4) is 0 Å². The molecular formula is C21H24F2N2O3S. The van der Waals surface area contributed by atoms with Crippen molar-refractivity contribution in [3.05, 3.63) is 59.7 Å². The van der Waals surface area contributed by atoms with Crippen molar-refractivity contribution in [2.45, 2.75) is 31.6 Å². The Morgan fingerprint density at radius 3 is 2.34 bits per heavy atom. The molecule has 2 aromatic rings. The van der Waals surface area contributed by atoms with Gasteiger partial charge in [0.2, 0.25) is 15.9 Å². The molecule has 2 aromatic carbocycles. The highest BCUT2D eigenvalue weighted by Crippen LogP contribution is 2.28. The molecule has 0 radical (unpaired) electrons. The van der Waals surface area contributed by atoms with Crippen LogP contribution in [0.2, 0.25) is 0 Å². The van der Waals surface area contributed by atoms with Gasteiger partial charge in [0.05, 0.1) is 4.90 Å². The van der Waals surface area contributed by atoms with Gasteiger partial charge in [-0.2, -0.15) is 4.31 Å². The third kappa shape index (κ3) is 4.33. The fraction of sp³-hybridized carbons (Fsp3) is 0.381. The van der Waals surface area contributed by atoms with E-state index in [0.717, 1.165) is 23.4 Å². The highest BCUT2D eigenvalue weighted by molar-refractivity contribution is 7.89. The highest BCUT2D eigenvalue weighted by atomic mass is 32.2. The summed E-state index contributed by atoms with van der Waals surface area (Å²) in [6.45, 7) is 4.69. The van der Waals surface area contributed by atoms with Crippen LogP contribution in [-0.4, -0.2) is 38.3 Å². The molecule has 1 saturated heterocycles. The summed E-state index contributed by atoms with van der Waals surface area (Å²) >= 11 is 0. The number of piperidine rings is 1. The Hall–Kier alpha value is -2.32. The molecule has 156 valence electrons. The zero-order valence-electron chi connectivity index (χ0n) is 16.4. The number of amides is 1. The first-order valence-corrected chi connectivity index (χ1v) is 11.0. The monoisotopic (exact) mass is 422 g/mol. The van der Waals surface area contributed by atoms with Crippen molar-refractivity contribution < 1.29 is 22.0 Å². The number of para-hydroxylation sites is 1. The van der Waals surface area contributed by atoms with Crippen molar-refractivity contribution in [1.29, 1.82) is 0 Å². The maximum Gasteiger partial charge on any atom is 0.243 e. The molecule has 0 N–H and O–H groups in total. The SMILES string of the molecule is CCN(C(=O)C1CCN(S(=O)(=O)c2ccc(F)c(F)c2)CC1)c1ccccc1C. The van der Waals surface area contributed by atoms with Gasteiger partial charge in [0.15, 0.2) is 11.6 Å². The van der Waals surface area contributed by atoms with Gasteiger partial charge in [-0.05, 0) is 56.5 Å². The maximum absolute atomic E-state index is 13.5. The van der Waals surface area contributed by atoms with Crippen molar-refractivity contribution in [3.8, 4) is 0 Å². The van der Waals surface area contributed by atoms with E-state index < -0.39 is 21.7 Å². The lowest BCUT2D eigenvalue weighted by atomic mass is 9.96. The number of halogens is 2. The Bertz CT molecular complexity index is 1000. The van der Waals surface area contributed by atoms with Gasteiger partial charge in [0.1, 0.15) is 0 Å². The van der Waals surface area contributed by atoms with Crippen molar-refractivity contribution >= 4 is 21.6 Å². The van der Waals surface area contributed by atoms with Gasteiger partial charge in [-0.1, -0.05) is 18.2 Å². The largest absolute Gasteiger partial charge is 0.312 e. The predicted molar refractivity (Wildman–Crippen MR) is 107 cm³/mol. The van der Waals surface area contributed by atoms with E-state index in [9.17, 15) is 22.0 Å². The van der Waals surface area contributed by atoms with Crippen LogP contribution in [0.5, 0.6) is 0 Å². The summed E-state index contributed by atoms with van der Waals surface area (Å²) in [6.07, 6.45) is 0.758. The van der Waals surface area contributed by atoms with E-state index in [4.69, 9.17) is 0 Å².